The summed E-state index contributed by atoms with van der Waals surface area (Å²) < 4.78 is 5.54. The molecule has 4 rings (SSSR count). The van der Waals surface area contributed by atoms with Gasteiger partial charge in [0, 0.05) is 38.4 Å². The first-order valence-corrected chi connectivity index (χ1v) is 9.95. The van der Waals surface area contributed by atoms with Crippen molar-refractivity contribution in [3.8, 4) is 0 Å². The van der Waals surface area contributed by atoms with Crippen LogP contribution in [0.4, 0.5) is 0 Å². The van der Waals surface area contributed by atoms with E-state index in [1.165, 1.54) is 19.3 Å². The van der Waals surface area contributed by atoms with E-state index in [9.17, 15) is 9.59 Å². The standard InChI is InChI=1S/C21H32O3/c1-20-9-8-18-16(17(20)6-7-19(20)23)5-4-13-10-15(22)11-14(12-24-3)21(13,18)2/h13-14,16-18H,4-12H2,1-3H3/t13?,14?,16-,17-,18-,20-,21+/m0/s1. The lowest BCUT2D eigenvalue weighted by Gasteiger charge is -2.61. The molecule has 3 nitrogen and oxygen atoms in total. The summed E-state index contributed by atoms with van der Waals surface area (Å²) in [6.45, 7) is 5.42. The fourth-order valence-electron chi connectivity index (χ4n) is 7.49. The van der Waals surface area contributed by atoms with Crippen molar-refractivity contribution >= 4 is 11.6 Å². The molecular formula is C21H32O3. The second-order valence-electron chi connectivity index (χ2n) is 9.53. The highest BCUT2D eigenvalue weighted by molar-refractivity contribution is 5.87. The first-order valence-electron chi connectivity index (χ1n) is 9.95. The monoisotopic (exact) mass is 332 g/mol. The molecule has 0 radical (unpaired) electrons. The Morgan fingerprint density at radius 1 is 1.04 bits per heavy atom. The van der Waals surface area contributed by atoms with E-state index in [-0.39, 0.29) is 10.8 Å². The van der Waals surface area contributed by atoms with Gasteiger partial charge in [-0.25, -0.2) is 0 Å². The van der Waals surface area contributed by atoms with Gasteiger partial charge >= 0.3 is 0 Å². The maximum Gasteiger partial charge on any atom is 0.139 e. The Morgan fingerprint density at radius 2 is 1.83 bits per heavy atom. The highest BCUT2D eigenvalue weighted by atomic mass is 16.5. The van der Waals surface area contributed by atoms with E-state index in [2.05, 4.69) is 13.8 Å². The molecule has 3 heteroatoms. The molecule has 0 saturated heterocycles. The number of carbonyl (C=O) groups is 2. The predicted molar refractivity (Wildman–Crippen MR) is 92.5 cm³/mol. The molecule has 4 saturated carbocycles. The van der Waals surface area contributed by atoms with Crippen LogP contribution in [0.2, 0.25) is 0 Å². The Morgan fingerprint density at radius 3 is 2.58 bits per heavy atom. The molecule has 0 N–H and O–H groups in total. The van der Waals surface area contributed by atoms with Crippen molar-refractivity contribution in [3.05, 3.63) is 0 Å². The van der Waals surface area contributed by atoms with Gasteiger partial charge in [-0.1, -0.05) is 13.8 Å². The zero-order chi connectivity index (χ0) is 17.1. The van der Waals surface area contributed by atoms with Crippen LogP contribution in [0.1, 0.15) is 65.2 Å². The number of rotatable bonds is 2. The minimum absolute atomic E-state index is 0.0500. The molecule has 24 heavy (non-hydrogen) atoms. The van der Waals surface area contributed by atoms with Gasteiger partial charge in [-0.3, -0.25) is 9.59 Å². The molecular weight excluding hydrogens is 300 g/mol. The van der Waals surface area contributed by atoms with Gasteiger partial charge in [0.2, 0.25) is 0 Å². The number of Topliss-reactive ketones (excluding diaryl/α,β-unsaturated/α-hetero) is 2. The van der Waals surface area contributed by atoms with Crippen LogP contribution in [0.3, 0.4) is 0 Å². The van der Waals surface area contributed by atoms with Crippen molar-refractivity contribution in [3.63, 3.8) is 0 Å². The summed E-state index contributed by atoms with van der Waals surface area (Å²) in [7, 11) is 1.77. The van der Waals surface area contributed by atoms with Gasteiger partial charge in [0.25, 0.3) is 0 Å². The number of hydrogen-bond donors (Lipinski definition) is 0. The van der Waals surface area contributed by atoms with Gasteiger partial charge in [0.05, 0.1) is 0 Å². The number of ketones is 2. The van der Waals surface area contributed by atoms with Gasteiger partial charge in [-0.2, -0.15) is 0 Å². The van der Waals surface area contributed by atoms with Crippen LogP contribution in [-0.2, 0) is 14.3 Å². The summed E-state index contributed by atoms with van der Waals surface area (Å²) in [6.07, 6.45) is 8.01. The maximum atomic E-state index is 12.5. The van der Waals surface area contributed by atoms with Gasteiger partial charge in [0.15, 0.2) is 0 Å². The third kappa shape index (κ3) is 2.12. The van der Waals surface area contributed by atoms with Crippen LogP contribution in [0.5, 0.6) is 0 Å². The zero-order valence-corrected chi connectivity index (χ0v) is 15.5. The minimum Gasteiger partial charge on any atom is -0.384 e. The summed E-state index contributed by atoms with van der Waals surface area (Å²) in [5, 5.41) is 0. The highest BCUT2D eigenvalue weighted by Crippen LogP contribution is 2.66. The fourth-order valence-corrected chi connectivity index (χ4v) is 7.49. The number of hydrogen-bond acceptors (Lipinski definition) is 3. The molecule has 134 valence electrons. The van der Waals surface area contributed by atoms with E-state index < -0.39 is 0 Å². The average Bonchev–Trinajstić information content (AvgIpc) is 2.84. The summed E-state index contributed by atoms with van der Waals surface area (Å²) in [4.78, 5) is 24.8. The van der Waals surface area contributed by atoms with E-state index in [1.54, 1.807) is 7.11 Å². The number of fused-ring (bicyclic) bond motifs is 5. The van der Waals surface area contributed by atoms with Gasteiger partial charge < -0.3 is 4.74 Å². The first-order chi connectivity index (χ1) is 11.4. The largest absolute Gasteiger partial charge is 0.384 e. The lowest BCUT2D eigenvalue weighted by Crippen LogP contribution is -2.57. The molecule has 0 amide bonds. The smallest absolute Gasteiger partial charge is 0.139 e. The SMILES string of the molecule is COCC1CC(=O)CC2CC[C@@H]3[C@H](CC[C@]4(C)C(=O)CC[C@@H]34)[C@]21C. The third-order valence-electron chi connectivity index (χ3n) is 8.87. The van der Waals surface area contributed by atoms with Gasteiger partial charge in [-0.15, -0.1) is 0 Å². The van der Waals surface area contributed by atoms with E-state index in [0.29, 0.717) is 54.2 Å². The van der Waals surface area contributed by atoms with Crippen LogP contribution in [-0.4, -0.2) is 25.3 Å². The Hall–Kier alpha value is -0.700. The normalized spacial score (nSPS) is 51.0. The number of carbonyl (C=O) groups excluding carboxylic acids is 2. The lowest BCUT2D eigenvalue weighted by atomic mass is 9.43. The van der Waals surface area contributed by atoms with Crippen LogP contribution < -0.4 is 0 Å². The van der Waals surface area contributed by atoms with E-state index >= 15 is 0 Å². The molecule has 2 unspecified atom stereocenters. The van der Waals surface area contributed by atoms with Crippen molar-refractivity contribution in [1.82, 2.24) is 0 Å². The van der Waals surface area contributed by atoms with Crippen molar-refractivity contribution < 1.29 is 14.3 Å². The topological polar surface area (TPSA) is 43.4 Å². The van der Waals surface area contributed by atoms with Crippen molar-refractivity contribution in [2.24, 2.45) is 40.4 Å². The molecule has 0 bridgehead atoms. The Balaban J connectivity index is 1.68. The quantitative estimate of drug-likeness (QED) is 0.766. The molecule has 0 aromatic heterocycles. The summed E-state index contributed by atoms with van der Waals surface area (Å²) >= 11 is 0. The van der Waals surface area contributed by atoms with Crippen LogP contribution in [0.15, 0.2) is 0 Å². The summed E-state index contributed by atoms with van der Waals surface area (Å²) in [6, 6.07) is 0. The van der Waals surface area contributed by atoms with E-state index in [0.717, 1.165) is 25.7 Å². The molecule has 0 aromatic carbocycles. The van der Waals surface area contributed by atoms with Crippen LogP contribution in [0, 0.1) is 40.4 Å². The van der Waals surface area contributed by atoms with Crippen molar-refractivity contribution in [1.29, 1.82) is 0 Å². The van der Waals surface area contributed by atoms with Crippen molar-refractivity contribution in [2.75, 3.05) is 13.7 Å². The van der Waals surface area contributed by atoms with Gasteiger partial charge in [0.1, 0.15) is 11.6 Å². The predicted octanol–water partition coefficient (Wildman–Crippen LogP) is 4.04. The van der Waals surface area contributed by atoms with Crippen LogP contribution in [0.25, 0.3) is 0 Å². The Labute approximate surface area is 145 Å². The Bertz CT molecular complexity index is 555. The minimum atomic E-state index is -0.0500. The lowest BCUT2D eigenvalue weighted by molar-refractivity contribution is -0.160. The van der Waals surface area contributed by atoms with E-state index in [4.69, 9.17) is 4.74 Å². The molecule has 4 aliphatic carbocycles. The molecule has 7 atom stereocenters. The molecule has 4 aliphatic rings. The molecule has 0 heterocycles. The second kappa shape index (κ2) is 5.65. The van der Waals surface area contributed by atoms with Crippen LogP contribution >= 0.6 is 0 Å². The molecule has 0 spiro atoms. The fraction of sp³-hybridized carbons (Fsp3) is 0.905. The first kappa shape index (κ1) is 16.8. The molecule has 0 aromatic rings. The second-order valence-corrected chi connectivity index (χ2v) is 9.53. The third-order valence-corrected chi connectivity index (χ3v) is 8.87. The summed E-state index contributed by atoms with van der Waals surface area (Å²) in [5.41, 5.74) is 0.172. The maximum absolute atomic E-state index is 12.5. The number of methoxy groups -OCH3 is 1. The molecule has 4 fully saturated rings. The zero-order valence-electron chi connectivity index (χ0n) is 15.5. The Kier molecular flexibility index (Phi) is 3.95. The molecule has 0 aliphatic heterocycles. The van der Waals surface area contributed by atoms with Crippen molar-refractivity contribution in [2.45, 2.75) is 65.2 Å². The summed E-state index contributed by atoms with van der Waals surface area (Å²) in [5.74, 6) is 3.80. The average molecular weight is 332 g/mol. The van der Waals surface area contributed by atoms with Gasteiger partial charge in [-0.05, 0) is 67.1 Å². The number of ether oxygens (including phenoxy) is 1. The van der Waals surface area contributed by atoms with E-state index in [1.807, 2.05) is 0 Å². The highest BCUT2D eigenvalue weighted by Gasteiger charge is 2.62.